The lowest BCUT2D eigenvalue weighted by molar-refractivity contribution is -0.885. The second-order valence-electron chi connectivity index (χ2n) is 20.4. The zero-order chi connectivity index (χ0) is 57.7. The summed E-state index contributed by atoms with van der Waals surface area (Å²) in [6.07, 6.45) is 7.86. The third-order valence-corrected chi connectivity index (χ3v) is 16.2. The summed E-state index contributed by atoms with van der Waals surface area (Å²) in [5, 5.41) is 18.9. The summed E-state index contributed by atoms with van der Waals surface area (Å²) in [6, 6.07) is 49.7. The van der Waals surface area contributed by atoms with E-state index in [1.54, 1.807) is 29.4 Å². The number of benzene rings is 3. The Balaban J connectivity index is 0.673. The van der Waals surface area contributed by atoms with Gasteiger partial charge in [0.1, 0.15) is 36.5 Å². The number of thiazole rings is 3. The van der Waals surface area contributed by atoms with Gasteiger partial charge < -0.3 is 25.6 Å². The van der Waals surface area contributed by atoms with Crippen LogP contribution in [0, 0.1) is 20.8 Å². The van der Waals surface area contributed by atoms with Gasteiger partial charge >= 0.3 is 0 Å². The van der Waals surface area contributed by atoms with E-state index in [0.29, 0.717) is 23.9 Å². The Kier molecular flexibility index (Phi) is 15.9. The lowest BCUT2D eigenvalue weighted by atomic mass is 10.0. The average Bonchev–Trinajstić information content (AvgIpc) is 4.48. The normalized spacial score (nSPS) is 11.5. The summed E-state index contributed by atoms with van der Waals surface area (Å²) < 4.78 is 8.16. The number of hydrogen-bond donors (Lipinski definition) is 3. The molecule has 0 aliphatic rings. The highest BCUT2D eigenvalue weighted by Gasteiger charge is 2.18. The number of nitrogens with one attached hydrogen (secondary N) is 3. The third kappa shape index (κ3) is 12.8. The van der Waals surface area contributed by atoms with Crippen molar-refractivity contribution < 1.29 is 14.3 Å². The topological polar surface area (TPSA) is 165 Å². The van der Waals surface area contributed by atoms with Gasteiger partial charge in [-0.3, -0.25) is 4.84 Å². The fourth-order valence-electron chi connectivity index (χ4n) is 9.63. The molecule has 84 heavy (non-hydrogen) atoms. The number of hydrogen-bond acceptors (Lipinski definition) is 17. The number of pyridine rings is 6. The van der Waals surface area contributed by atoms with Crippen LogP contribution in [0.4, 0.5) is 38.7 Å². The molecule has 0 aliphatic heterocycles. The van der Waals surface area contributed by atoms with Crippen molar-refractivity contribution in [3.8, 4) is 84.2 Å². The molecule has 1 unspecified atom stereocenters. The minimum atomic E-state index is -0.202. The van der Waals surface area contributed by atoms with Crippen molar-refractivity contribution in [2.45, 2.75) is 40.2 Å². The molecule has 12 rings (SSSR count). The molecule has 0 saturated carbocycles. The minimum Gasteiger partial charge on any atom is -0.474 e. The number of anilines is 7. The van der Waals surface area contributed by atoms with Crippen molar-refractivity contribution in [1.29, 1.82) is 0 Å². The Labute approximate surface area is 499 Å². The van der Waals surface area contributed by atoms with Gasteiger partial charge in [0.2, 0.25) is 18.3 Å². The molecule has 0 bridgehead atoms. The molecule has 12 aromatic rings. The molecule has 9 aromatic heterocycles. The average molecular weight is 1160 g/mol. The van der Waals surface area contributed by atoms with E-state index < -0.39 is 0 Å². The first-order valence-electron chi connectivity index (χ1n) is 27.2. The molecule has 15 nitrogen and oxygen atoms in total. The zero-order valence-corrected chi connectivity index (χ0v) is 49.6. The van der Waals surface area contributed by atoms with Crippen LogP contribution in [0.25, 0.3) is 78.3 Å². The van der Waals surface area contributed by atoms with E-state index in [1.165, 1.54) is 22.7 Å². The number of rotatable bonds is 19. The van der Waals surface area contributed by atoms with Crippen LogP contribution in [0.5, 0.6) is 5.88 Å². The largest absolute Gasteiger partial charge is 0.474 e. The molecule has 0 fully saturated rings. The lowest BCUT2D eigenvalue weighted by Crippen LogP contribution is -2.39. The van der Waals surface area contributed by atoms with Crippen molar-refractivity contribution in [1.82, 2.24) is 39.9 Å². The van der Waals surface area contributed by atoms with Crippen LogP contribution in [-0.2, 0) is 6.42 Å². The van der Waals surface area contributed by atoms with Crippen LogP contribution in [0.1, 0.15) is 29.6 Å². The second-order valence-corrected chi connectivity index (χ2v) is 22.9. The minimum absolute atomic E-state index is 0.202. The Bertz CT molecular complexity index is 4280. The number of nitrogens with zero attached hydrogens (tertiary/aromatic N) is 10. The Morgan fingerprint density at radius 2 is 1.04 bits per heavy atom. The summed E-state index contributed by atoms with van der Waals surface area (Å²) in [5.74, 6) is 3.61. The summed E-state index contributed by atoms with van der Waals surface area (Å²) in [6.45, 7) is 8.02. The maximum absolute atomic E-state index is 6.48. The molecule has 0 amide bonds. The maximum atomic E-state index is 6.48. The third-order valence-electron chi connectivity index (χ3n) is 13.9. The highest BCUT2D eigenvalue weighted by Crippen LogP contribution is 2.37. The van der Waals surface area contributed by atoms with Crippen LogP contribution in [0.15, 0.2) is 187 Å². The van der Waals surface area contributed by atoms with E-state index in [9.17, 15) is 0 Å². The van der Waals surface area contributed by atoms with Crippen molar-refractivity contribution in [2.24, 2.45) is 0 Å². The van der Waals surface area contributed by atoms with Gasteiger partial charge in [-0.15, -0.1) is 34.0 Å². The van der Waals surface area contributed by atoms with Gasteiger partial charge in [-0.2, -0.15) is 0 Å². The van der Waals surface area contributed by atoms with Gasteiger partial charge in [0.05, 0.1) is 22.6 Å². The molecule has 0 spiro atoms. The second kappa shape index (κ2) is 24.4. The van der Waals surface area contributed by atoms with E-state index >= 15 is 0 Å². The first-order valence-corrected chi connectivity index (χ1v) is 29.8. The van der Waals surface area contributed by atoms with E-state index in [0.717, 1.165) is 128 Å². The van der Waals surface area contributed by atoms with Crippen LogP contribution in [-0.4, -0.2) is 67.2 Å². The van der Waals surface area contributed by atoms with Gasteiger partial charge in [0, 0.05) is 105 Å². The number of aromatic nitrogens is 9. The van der Waals surface area contributed by atoms with Crippen molar-refractivity contribution >= 4 is 72.7 Å². The molecular formula is C66H58N13O2S3+. The SMILES string of the molecule is CO[n+]1cccc(-c2ccc(-c3csc(Nc4cc(-c5ccc(C)nc5Nc5nc(-c6ccc(-c7ccnc(OC(C)Cc8ccc(C)nc8Nc8nc(-c9ccc(-c%10ccnc(N(C)C)c%10)cc9)cs8)c7)cc6)cs5)cc(C)n4)n3)cc2)c1. The van der Waals surface area contributed by atoms with Crippen LogP contribution in [0.3, 0.4) is 0 Å². The molecule has 1 atom stereocenters. The van der Waals surface area contributed by atoms with Gasteiger partial charge in [-0.05, 0) is 121 Å². The molecule has 3 aromatic carbocycles. The van der Waals surface area contributed by atoms with Crippen LogP contribution < -0.4 is 35.2 Å². The van der Waals surface area contributed by atoms with Gasteiger partial charge in [0.25, 0.3) is 0 Å². The standard InChI is InChI=1S/C66H58N13O2S3/c1-40-10-12-52(62(70-40)76-65-73-57(38-83-65)47-19-13-44(14-20-47)50-26-28-67-60(34-50)78(5)6)32-43(4)81-61-35-51(27-29-68-61)45-15-21-48(22-16-45)58-39-84-66(74-58)77-63-55(25-11-41(2)71-63)54-31-42(3)69-59(33-54)75-64-72-56(37-82-64)49-23-17-46(18-24-49)53-9-8-30-79(36-53)80-7/h8-31,33-39,43H,32H2,1-7H3,(H,69,72,75)(H,70,73,76)(H,71,74,77)/q+1. The monoisotopic (exact) mass is 1160 g/mol. The van der Waals surface area contributed by atoms with Crippen molar-refractivity contribution in [2.75, 3.05) is 42.1 Å². The molecule has 416 valence electrons. The fourth-order valence-corrected chi connectivity index (χ4v) is 11.8. The predicted octanol–water partition coefficient (Wildman–Crippen LogP) is 15.3. The first-order chi connectivity index (χ1) is 40.9. The van der Waals surface area contributed by atoms with Crippen LogP contribution in [0.2, 0.25) is 0 Å². The maximum Gasteiger partial charge on any atom is 0.230 e. The molecule has 18 heteroatoms. The Morgan fingerprint density at radius 3 is 1.64 bits per heavy atom. The number of ether oxygens (including phenoxy) is 1. The molecule has 9 heterocycles. The summed E-state index contributed by atoms with van der Waals surface area (Å²) in [7, 11) is 5.64. The molecule has 0 radical (unpaired) electrons. The summed E-state index contributed by atoms with van der Waals surface area (Å²) >= 11 is 4.62. The molecule has 0 saturated heterocycles. The summed E-state index contributed by atoms with van der Waals surface area (Å²) in [4.78, 5) is 46.0. The number of aryl methyl sites for hydroxylation is 3. The van der Waals surface area contributed by atoms with E-state index in [4.69, 9.17) is 39.5 Å². The first kappa shape index (κ1) is 54.8. The zero-order valence-electron chi connectivity index (χ0n) is 47.2. The van der Waals surface area contributed by atoms with Gasteiger partial charge in [-0.25, -0.2) is 39.9 Å². The molecule has 3 N–H and O–H groups in total. The van der Waals surface area contributed by atoms with Gasteiger partial charge in [-0.1, -0.05) is 78.9 Å². The molecular weight excluding hydrogens is 1100 g/mol. The highest BCUT2D eigenvalue weighted by atomic mass is 32.1. The Morgan fingerprint density at radius 1 is 0.500 bits per heavy atom. The Hall–Kier alpha value is -9.75. The van der Waals surface area contributed by atoms with Gasteiger partial charge in [0.15, 0.2) is 15.4 Å². The van der Waals surface area contributed by atoms with E-state index in [-0.39, 0.29) is 6.10 Å². The highest BCUT2D eigenvalue weighted by molar-refractivity contribution is 7.14. The van der Waals surface area contributed by atoms with E-state index in [2.05, 4.69) is 152 Å². The summed E-state index contributed by atoms with van der Waals surface area (Å²) in [5.41, 5.74) is 17.7. The predicted molar refractivity (Wildman–Crippen MR) is 341 cm³/mol. The van der Waals surface area contributed by atoms with Crippen LogP contribution >= 0.6 is 34.0 Å². The fraction of sp³-hybridized carbons (Fsp3) is 0.136. The molecule has 0 aliphatic carbocycles. The lowest BCUT2D eigenvalue weighted by Gasteiger charge is -2.17. The smallest absolute Gasteiger partial charge is 0.230 e. The quantitative estimate of drug-likeness (QED) is 0.0655. The van der Waals surface area contributed by atoms with Crippen molar-refractivity contribution in [3.05, 3.63) is 209 Å². The van der Waals surface area contributed by atoms with E-state index in [1.807, 2.05) is 101 Å². The van der Waals surface area contributed by atoms with Crippen molar-refractivity contribution in [3.63, 3.8) is 0 Å².